The average molecular weight is 153 g/mol. The molecule has 0 saturated heterocycles. The van der Waals surface area contributed by atoms with Crippen LogP contribution in [0.2, 0.25) is 0 Å². The number of rotatable bonds is 3. The highest BCUT2D eigenvalue weighted by atomic mass is 16.4. The zero-order valence-corrected chi connectivity index (χ0v) is 6.80. The zero-order chi connectivity index (χ0) is 9.28. The Morgan fingerprint density at radius 2 is 1.82 bits per heavy atom. The molecular weight excluding hydrogens is 140 g/mol. The molecule has 0 aliphatic carbocycles. The summed E-state index contributed by atoms with van der Waals surface area (Å²) in [6, 6.07) is 0. The molecule has 0 rings (SSSR count). The van der Waals surface area contributed by atoms with Gasteiger partial charge in [0.1, 0.15) is 0 Å². The lowest BCUT2D eigenvalue weighted by Crippen LogP contribution is -2.23. The van der Waals surface area contributed by atoms with Crippen LogP contribution in [0.15, 0.2) is 37.5 Å². The second-order valence-electron chi connectivity index (χ2n) is 1.72. The Labute approximate surface area is 67.6 Å². The lowest BCUT2D eigenvalue weighted by Gasteiger charge is -1.98. The zero-order valence-electron chi connectivity index (χ0n) is 6.80. The van der Waals surface area contributed by atoms with Gasteiger partial charge in [-0.2, -0.15) is 0 Å². The molecule has 0 aromatic rings. The maximum atomic E-state index is 9.72. The minimum absolute atomic E-state index is 0.153. The van der Waals surface area contributed by atoms with Crippen molar-refractivity contribution < 1.29 is 9.90 Å². The highest BCUT2D eigenvalue weighted by Crippen LogP contribution is 1.90. The summed E-state index contributed by atoms with van der Waals surface area (Å²) >= 11 is 0. The van der Waals surface area contributed by atoms with Gasteiger partial charge in [-0.05, 0) is 12.0 Å². The van der Waals surface area contributed by atoms with Crippen LogP contribution in [-0.2, 0) is 4.79 Å². The number of aliphatic carboxylic acids is 1. The van der Waals surface area contributed by atoms with E-state index in [0.29, 0.717) is 6.42 Å². The Hall–Kier alpha value is -1.31. The fourth-order valence-electron chi connectivity index (χ4n) is 0.144. The van der Waals surface area contributed by atoms with Crippen LogP contribution >= 0.6 is 0 Å². The third-order valence-corrected chi connectivity index (χ3v) is 0.882. The average Bonchev–Trinajstić information content (AvgIpc) is 2.03. The van der Waals surface area contributed by atoms with Crippen molar-refractivity contribution in [3.05, 3.63) is 37.5 Å². The quantitative estimate of drug-likeness (QED) is 0.449. The molecule has 0 fully saturated rings. The van der Waals surface area contributed by atoms with Crippen LogP contribution in [0.25, 0.3) is 0 Å². The highest BCUT2D eigenvalue weighted by molar-refractivity contribution is 5.83. The van der Waals surface area contributed by atoms with Gasteiger partial charge in [-0.25, -0.2) is 0 Å². The molecule has 0 aromatic carbocycles. The molecule has 62 valence electrons. The Kier molecular flexibility index (Phi) is 9.78. The molecule has 0 aromatic heterocycles. The van der Waals surface area contributed by atoms with Gasteiger partial charge in [0.15, 0.2) is 0 Å². The minimum atomic E-state index is -1.15. The fourth-order valence-corrected chi connectivity index (χ4v) is 0.144. The second-order valence-corrected chi connectivity index (χ2v) is 1.72. The molecule has 0 spiro atoms. The van der Waals surface area contributed by atoms with Crippen LogP contribution in [0.1, 0.15) is 13.3 Å². The first-order chi connectivity index (χ1) is 5.09. The lowest BCUT2D eigenvalue weighted by molar-refractivity contribution is -0.299. The first-order valence-electron chi connectivity index (χ1n) is 3.22. The first-order valence-corrected chi connectivity index (χ1v) is 3.22. The van der Waals surface area contributed by atoms with Crippen LogP contribution < -0.4 is 5.11 Å². The van der Waals surface area contributed by atoms with Crippen LogP contribution in [-0.4, -0.2) is 5.97 Å². The van der Waals surface area contributed by atoms with Gasteiger partial charge >= 0.3 is 0 Å². The summed E-state index contributed by atoms with van der Waals surface area (Å²) in [7, 11) is 0. The van der Waals surface area contributed by atoms with E-state index in [1.54, 1.807) is 19.1 Å². The third-order valence-electron chi connectivity index (χ3n) is 0.882. The summed E-state index contributed by atoms with van der Waals surface area (Å²) in [5, 5.41) is 9.72. The highest BCUT2D eigenvalue weighted by Gasteiger charge is 1.84. The molecule has 0 aliphatic heterocycles. The van der Waals surface area contributed by atoms with E-state index in [-0.39, 0.29) is 5.57 Å². The molecular formula is C9H13O2-. The Morgan fingerprint density at radius 1 is 1.45 bits per heavy atom. The van der Waals surface area contributed by atoms with Gasteiger partial charge in [0.25, 0.3) is 0 Å². The molecule has 0 atom stereocenters. The van der Waals surface area contributed by atoms with Crippen molar-refractivity contribution in [3.8, 4) is 0 Å². The molecule has 11 heavy (non-hydrogen) atoms. The third kappa shape index (κ3) is 12.0. The van der Waals surface area contributed by atoms with Gasteiger partial charge < -0.3 is 9.90 Å². The van der Waals surface area contributed by atoms with Gasteiger partial charge in [-0.3, -0.25) is 0 Å². The van der Waals surface area contributed by atoms with E-state index in [1.807, 2.05) is 0 Å². The summed E-state index contributed by atoms with van der Waals surface area (Å²) in [6.45, 7) is 11.7. The number of carbonyl (C=O) groups is 1. The maximum absolute atomic E-state index is 9.72. The van der Waals surface area contributed by atoms with E-state index in [0.717, 1.165) is 0 Å². The molecule has 0 aliphatic rings. The van der Waals surface area contributed by atoms with Gasteiger partial charge in [-0.1, -0.05) is 38.8 Å². The van der Waals surface area contributed by atoms with E-state index in [1.165, 1.54) is 0 Å². The number of carboxylic acid groups (broad SMARTS) is 1. The Morgan fingerprint density at radius 3 is 1.82 bits per heavy atom. The maximum Gasteiger partial charge on any atom is 0.0668 e. The van der Waals surface area contributed by atoms with Crippen molar-refractivity contribution in [2.75, 3.05) is 0 Å². The number of carbonyl (C=O) groups excluding carboxylic acids is 1. The van der Waals surface area contributed by atoms with Crippen molar-refractivity contribution >= 4 is 5.97 Å². The monoisotopic (exact) mass is 153 g/mol. The number of hydrogen-bond donors (Lipinski definition) is 0. The van der Waals surface area contributed by atoms with E-state index in [9.17, 15) is 9.90 Å². The van der Waals surface area contributed by atoms with Crippen LogP contribution in [0.4, 0.5) is 0 Å². The van der Waals surface area contributed by atoms with E-state index in [2.05, 4.69) is 19.7 Å². The summed E-state index contributed by atoms with van der Waals surface area (Å²) in [4.78, 5) is 9.72. The molecule has 0 radical (unpaired) electrons. The molecule has 2 nitrogen and oxygen atoms in total. The first kappa shape index (κ1) is 12.4. The number of hydrogen-bond acceptors (Lipinski definition) is 2. The molecule has 0 unspecified atom stereocenters. The summed E-state index contributed by atoms with van der Waals surface area (Å²) < 4.78 is 0. The van der Waals surface area contributed by atoms with E-state index in [4.69, 9.17) is 0 Å². The molecule has 0 bridgehead atoms. The smallest absolute Gasteiger partial charge is 0.0668 e. The van der Waals surface area contributed by atoms with Crippen molar-refractivity contribution in [2.24, 2.45) is 0 Å². The molecule has 0 saturated carbocycles. The number of allylic oxidation sites excluding steroid dienone is 2. The topological polar surface area (TPSA) is 40.1 Å². The van der Waals surface area contributed by atoms with E-state index < -0.39 is 5.97 Å². The number of carboxylic acids is 1. The molecule has 0 amide bonds. The van der Waals surface area contributed by atoms with Crippen molar-refractivity contribution in [3.63, 3.8) is 0 Å². The van der Waals surface area contributed by atoms with Crippen molar-refractivity contribution in [1.82, 2.24) is 0 Å². The summed E-state index contributed by atoms with van der Waals surface area (Å²) in [6.07, 6.45) is 3.74. The normalized spacial score (nSPS) is 7.00. The van der Waals surface area contributed by atoms with Crippen molar-refractivity contribution in [1.29, 1.82) is 0 Å². The SMILES string of the molecule is C=C(CC)C(=O)[O-].C=CC=C. The molecule has 0 heterocycles. The Balaban J connectivity index is 0. The van der Waals surface area contributed by atoms with Crippen LogP contribution in [0.3, 0.4) is 0 Å². The minimum Gasteiger partial charge on any atom is -0.545 e. The van der Waals surface area contributed by atoms with E-state index >= 15 is 0 Å². The van der Waals surface area contributed by atoms with Gasteiger partial charge in [0, 0.05) is 0 Å². The van der Waals surface area contributed by atoms with Crippen LogP contribution in [0, 0.1) is 0 Å². The second kappa shape index (κ2) is 8.69. The lowest BCUT2D eigenvalue weighted by atomic mass is 10.2. The molecule has 0 N–H and O–H groups in total. The summed E-state index contributed by atoms with van der Waals surface area (Å²) in [5.74, 6) is -1.15. The Bertz CT molecular complexity index is 151. The van der Waals surface area contributed by atoms with Crippen LogP contribution in [0.5, 0.6) is 0 Å². The predicted octanol–water partition coefficient (Wildman–Crippen LogP) is 1.06. The fraction of sp³-hybridized carbons (Fsp3) is 0.222. The van der Waals surface area contributed by atoms with Gasteiger partial charge in [-0.15, -0.1) is 0 Å². The van der Waals surface area contributed by atoms with Gasteiger partial charge in [0.05, 0.1) is 5.97 Å². The molecule has 2 heteroatoms. The van der Waals surface area contributed by atoms with Crippen molar-refractivity contribution in [2.45, 2.75) is 13.3 Å². The standard InChI is InChI=1S/C5H8O2.C4H6/c1-3-4(2)5(6)7;1-3-4-2/h2-3H2,1H3,(H,6,7);3-4H,1-2H2/p-1. The largest absolute Gasteiger partial charge is 0.545 e. The predicted molar refractivity (Wildman–Crippen MR) is 44.8 cm³/mol. The van der Waals surface area contributed by atoms with Gasteiger partial charge in [0.2, 0.25) is 0 Å². The summed E-state index contributed by atoms with van der Waals surface area (Å²) in [5.41, 5.74) is 0.153.